The molecule has 0 bridgehead atoms. The smallest absolute Gasteiger partial charge is 0.141 e. The van der Waals surface area contributed by atoms with Gasteiger partial charge in [-0.05, 0) is 43.4 Å². The third-order valence-corrected chi connectivity index (χ3v) is 2.98. The topological polar surface area (TPSA) is 59.0 Å². The summed E-state index contributed by atoms with van der Waals surface area (Å²) in [5.74, 6) is 1.09. The minimum Gasteiger partial charge on any atom is -0.491 e. The van der Waals surface area contributed by atoms with E-state index in [1.54, 1.807) is 0 Å². The second kappa shape index (κ2) is 4.15. The van der Waals surface area contributed by atoms with Crippen LogP contribution in [0.3, 0.4) is 0 Å². The lowest BCUT2D eigenvalue weighted by Gasteiger charge is -2.21. The van der Waals surface area contributed by atoms with Gasteiger partial charge < -0.3 is 10.5 Å². The van der Waals surface area contributed by atoms with Crippen molar-refractivity contribution in [2.24, 2.45) is 11.7 Å². The lowest BCUT2D eigenvalue weighted by atomic mass is 9.98. The average Bonchev–Trinajstić information content (AvgIpc) is 3.10. The Morgan fingerprint density at radius 3 is 2.88 bits per heavy atom. The number of aryl methyl sites for hydroxylation is 1. The summed E-state index contributed by atoms with van der Waals surface area (Å²) in [6.45, 7) is 2.28. The SMILES string of the molecule is Cc1cccc(OCC(N)(C#N)C2CC2)c1. The van der Waals surface area contributed by atoms with E-state index >= 15 is 0 Å². The quantitative estimate of drug-likeness (QED) is 0.837. The van der Waals surface area contributed by atoms with Crippen molar-refractivity contribution >= 4 is 0 Å². The molecule has 84 valence electrons. The van der Waals surface area contributed by atoms with Crippen molar-refractivity contribution < 1.29 is 4.74 Å². The van der Waals surface area contributed by atoms with Gasteiger partial charge in [-0.15, -0.1) is 0 Å². The highest BCUT2D eigenvalue weighted by atomic mass is 16.5. The first-order chi connectivity index (χ1) is 7.64. The molecular weight excluding hydrogens is 200 g/mol. The van der Waals surface area contributed by atoms with Gasteiger partial charge in [-0.1, -0.05) is 12.1 Å². The van der Waals surface area contributed by atoms with Gasteiger partial charge in [0, 0.05) is 0 Å². The fraction of sp³-hybridized carbons (Fsp3) is 0.462. The Morgan fingerprint density at radius 2 is 2.31 bits per heavy atom. The highest BCUT2D eigenvalue weighted by Gasteiger charge is 2.43. The van der Waals surface area contributed by atoms with Crippen LogP contribution in [0.15, 0.2) is 24.3 Å². The van der Waals surface area contributed by atoms with Crippen LogP contribution in [0.1, 0.15) is 18.4 Å². The molecule has 3 nitrogen and oxygen atoms in total. The first-order valence-electron chi connectivity index (χ1n) is 5.54. The number of ether oxygens (including phenoxy) is 1. The molecule has 1 aliphatic rings. The van der Waals surface area contributed by atoms with Crippen LogP contribution in [0.5, 0.6) is 5.75 Å². The van der Waals surface area contributed by atoms with E-state index in [-0.39, 0.29) is 6.61 Å². The minimum atomic E-state index is -0.816. The van der Waals surface area contributed by atoms with Crippen LogP contribution in [-0.4, -0.2) is 12.1 Å². The van der Waals surface area contributed by atoms with Crippen LogP contribution < -0.4 is 10.5 Å². The van der Waals surface area contributed by atoms with Gasteiger partial charge in [-0.2, -0.15) is 5.26 Å². The zero-order valence-corrected chi connectivity index (χ0v) is 9.44. The largest absolute Gasteiger partial charge is 0.491 e. The van der Waals surface area contributed by atoms with Crippen LogP contribution in [0.4, 0.5) is 0 Å². The van der Waals surface area contributed by atoms with Gasteiger partial charge in [0.2, 0.25) is 0 Å². The maximum Gasteiger partial charge on any atom is 0.141 e. The van der Waals surface area contributed by atoms with Crippen LogP contribution in [0.2, 0.25) is 0 Å². The van der Waals surface area contributed by atoms with E-state index < -0.39 is 5.54 Å². The summed E-state index contributed by atoms with van der Waals surface area (Å²) in [7, 11) is 0. The maximum absolute atomic E-state index is 9.07. The van der Waals surface area contributed by atoms with Gasteiger partial charge in [0.15, 0.2) is 0 Å². The fourth-order valence-electron chi connectivity index (χ4n) is 1.75. The summed E-state index contributed by atoms with van der Waals surface area (Å²) in [5.41, 5.74) is 6.33. The van der Waals surface area contributed by atoms with Crippen molar-refractivity contribution in [3.8, 4) is 11.8 Å². The molecule has 0 aromatic heterocycles. The van der Waals surface area contributed by atoms with Crippen molar-refractivity contribution in [2.75, 3.05) is 6.61 Å². The molecule has 0 amide bonds. The number of rotatable bonds is 4. The standard InChI is InChI=1S/C13H16N2O/c1-10-3-2-4-12(7-10)16-9-13(15,8-14)11-5-6-11/h2-4,7,11H,5-6,9,15H2,1H3. The van der Waals surface area contributed by atoms with Crippen LogP contribution in [0, 0.1) is 24.2 Å². The van der Waals surface area contributed by atoms with Gasteiger partial charge in [0.25, 0.3) is 0 Å². The van der Waals surface area contributed by atoms with Gasteiger partial charge in [0.05, 0.1) is 6.07 Å². The third kappa shape index (κ3) is 2.34. The molecular formula is C13H16N2O. The number of nitrogens with zero attached hydrogens (tertiary/aromatic N) is 1. The molecule has 1 fully saturated rings. The van der Waals surface area contributed by atoms with Gasteiger partial charge in [0.1, 0.15) is 17.9 Å². The molecule has 1 aliphatic carbocycles. The van der Waals surface area contributed by atoms with E-state index in [0.717, 1.165) is 24.2 Å². The number of nitrogens with two attached hydrogens (primary N) is 1. The Morgan fingerprint density at radius 1 is 1.56 bits per heavy atom. The molecule has 1 saturated carbocycles. The van der Waals surface area contributed by atoms with E-state index in [9.17, 15) is 0 Å². The van der Waals surface area contributed by atoms with Crippen molar-refractivity contribution in [3.63, 3.8) is 0 Å². The van der Waals surface area contributed by atoms with Crippen molar-refractivity contribution in [2.45, 2.75) is 25.3 Å². The molecule has 0 saturated heterocycles. The number of benzene rings is 1. The van der Waals surface area contributed by atoms with Crippen molar-refractivity contribution in [1.29, 1.82) is 5.26 Å². The molecule has 0 spiro atoms. The van der Waals surface area contributed by atoms with Crippen molar-refractivity contribution in [3.05, 3.63) is 29.8 Å². The average molecular weight is 216 g/mol. The molecule has 0 heterocycles. The Labute approximate surface area is 95.8 Å². The first-order valence-corrected chi connectivity index (χ1v) is 5.54. The maximum atomic E-state index is 9.07. The van der Waals surface area contributed by atoms with Crippen LogP contribution in [0.25, 0.3) is 0 Å². The van der Waals surface area contributed by atoms with Gasteiger partial charge in [-0.25, -0.2) is 0 Å². The third-order valence-electron chi connectivity index (χ3n) is 2.98. The van der Waals surface area contributed by atoms with Gasteiger partial charge in [-0.3, -0.25) is 0 Å². The van der Waals surface area contributed by atoms with E-state index in [0.29, 0.717) is 5.92 Å². The summed E-state index contributed by atoms with van der Waals surface area (Å²) in [5, 5.41) is 9.07. The lowest BCUT2D eigenvalue weighted by molar-refractivity contribution is 0.237. The highest BCUT2D eigenvalue weighted by molar-refractivity contribution is 5.28. The summed E-state index contributed by atoms with van der Waals surface area (Å²) in [6, 6.07) is 9.96. The van der Waals surface area contributed by atoms with Crippen LogP contribution in [-0.2, 0) is 0 Å². The summed E-state index contributed by atoms with van der Waals surface area (Å²) >= 11 is 0. The lowest BCUT2D eigenvalue weighted by Crippen LogP contribution is -2.46. The fourth-order valence-corrected chi connectivity index (χ4v) is 1.75. The Kier molecular flexibility index (Phi) is 2.84. The predicted molar refractivity (Wildman–Crippen MR) is 61.9 cm³/mol. The Balaban J connectivity index is 1.99. The predicted octanol–water partition coefficient (Wildman–Crippen LogP) is 2.00. The van der Waals surface area contributed by atoms with E-state index in [4.69, 9.17) is 15.7 Å². The second-order valence-corrected chi connectivity index (χ2v) is 4.53. The normalized spacial score (nSPS) is 18.6. The molecule has 2 N–H and O–H groups in total. The molecule has 3 heteroatoms. The number of hydrogen-bond donors (Lipinski definition) is 1. The van der Waals surface area contributed by atoms with Crippen LogP contribution >= 0.6 is 0 Å². The van der Waals surface area contributed by atoms with Crippen molar-refractivity contribution in [1.82, 2.24) is 0 Å². The molecule has 1 unspecified atom stereocenters. The summed E-state index contributed by atoms with van der Waals surface area (Å²) < 4.78 is 5.60. The molecule has 1 aromatic carbocycles. The van der Waals surface area contributed by atoms with E-state index in [1.165, 1.54) is 0 Å². The van der Waals surface area contributed by atoms with Gasteiger partial charge >= 0.3 is 0 Å². The molecule has 16 heavy (non-hydrogen) atoms. The number of hydrogen-bond acceptors (Lipinski definition) is 3. The summed E-state index contributed by atoms with van der Waals surface area (Å²) in [4.78, 5) is 0. The zero-order chi connectivity index (χ0) is 11.6. The Hall–Kier alpha value is -1.53. The zero-order valence-electron chi connectivity index (χ0n) is 9.44. The summed E-state index contributed by atoms with van der Waals surface area (Å²) in [6.07, 6.45) is 2.09. The second-order valence-electron chi connectivity index (χ2n) is 4.53. The van der Waals surface area contributed by atoms with E-state index in [1.807, 2.05) is 31.2 Å². The molecule has 1 aromatic rings. The van der Waals surface area contributed by atoms with E-state index in [2.05, 4.69) is 6.07 Å². The number of nitriles is 1. The molecule has 2 rings (SSSR count). The monoisotopic (exact) mass is 216 g/mol. The molecule has 0 radical (unpaired) electrons. The molecule has 1 atom stereocenters. The molecule has 0 aliphatic heterocycles. The minimum absolute atomic E-state index is 0.275. The first kappa shape index (κ1) is 11.0. The highest BCUT2D eigenvalue weighted by Crippen LogP contribution is 2.38. The Bertz CT molecular complexity index is 420.